The maximum atomic E-state index is 3.90. The van der Waals surface area contributed by atoms with Crippen LogP contribution >= 0.6 is 0 Å². The van der Waals surface area contributed by atoms with Crippen LogP contribution in [0, 0.1) is 0 Å². The van der Waals surface area contributed by atoms with E-state index in [0.29, 0.717) is 0 Å². The summed E-state index contributed by atoms with van der Waals surface area (Å²) >= 11 is 0. The van der Waals surface area contributed by atoms with E-state index < -0.39 is 0 Å². The van der Waals surface area contributed by atoms with Crippen molar-refractivity contribution in [1.82, 2.24) is 4.90 Å². The normalized spacial score (nSPS) is 10.1. The van der Waals surface area contributed by atoms with Gasteiger partial charge in [0.1, 0.15) is 0 Å². The third-order valence-electron chi connectivity index (χ3n) is 2.06. The zero-order valence-electron chi connectivity index (χ0n) is 8.74. The second-order valence-electron chi connectivity index (χ2n) is 3.52. The molecule has 1 aromatic rings. The van der Waals surface area contributed by atoms with Crippen LogP contribution in [0.3, 0.4) is 0 Å². The molecule has 0 saturated heterocycles. The van der Waals surface area contributed by atoms with Crippen molar-refractivity contribution in [3.8, 4) is 0 Å². The minimum atomic E-state index is 0.873. The fraction of sp³-hybridized carbons (Fsp3) is 0.231. The lowest BCUT2D eigenvalue weighted by Crippen LogP contribution is -2.19. The van der Waals surface area contributed by atoms with Gasteiger partial charge in [-0.15, -0.1) is 0 Å². The summed E-state index contributed by atoms with van der Waals surface area (Å²) in [6.45, 7) is 9.42. The van der Waals surface area contributed by atoms with Crippen LogP contribution in [0.1, 0.15) is 5.56 Å². The monoisotopic (exact) mass is 187 g/mol. The third kappa shape index (κ3) is 3.58. The molecule has 74 valence electrons. The van der Waals surface area contributed by atoms with E-state index in [4.69, 9.17) is 0 Å². The minimum absolute atomic E-state index is 0.873. The first-order valence-electron chi connectivity index (χ1n) is 4.75. The smallest absolute Gasteiger partial charge is 0.0234 e. The maximum Gasteiger partial charge on any atom is 0.0234 e. The van der Waals surface area contributed by atoms with Gasteiger partial charge in [-0.05, 0) is 18.2 Å². The summed E-state index contributed by atoms with van der Waals surface area (Å²) in [5.74, 6) is 0. The van der Waals surface area contributed by atoms with Crippen LogP contribution in [-0.2, 0) is 6.54 Å². The highest BCUT2D eigenvalue weighted by molar-refractivity contribution is 5.16. The Morgan fingerprint density at radius 1 is 1.36 bits per heavy atom. The summed E-state index contributed by atoms with van der Waals surface area (Å²) in [4.78, 5) is 2.22. The summed E-state index contributed by atoms with van der Waals surface area (Å²) in [5.41, 5.74) is 2.38. The SMILES string of the molecule is C=CC(=C)CN(C)Cc1ccccc1. The lowest BCUT2D eigenvalue weighted by atomic mass is 10.2. The Balaban J connectivity index is 2.45. The van der Waals surface area contributed by atoms with Crippen molar-refractivity contribution in [1.29, 1.82) is 0 Å². The Bertz CT molecular complexity index is 300. The van der Waals surface area contributed by atoms with Gasteiger partial charge in [-0.2, -0.15) is 0 Å². The molecule has 0 amide bonds. The van der Waals surface area contributed by atoms with Crippen LogP contribution in [0.2, 0.25) is 0 Å². The van der Waals surface area contributed by atoms with Gasteiger partial charge in [0.05, 0.1) is 0 Å². The van der Waals surface area contributed by atoms with Crippen LogP contribution < -0.4 is 0 Å². The number of nitrogens with zero attached hydrogens (tertiary/aromatic N) is 1. The van der Waals surface area contributed by atoms with Crippen molar-refractivity contribution in [2.24, 2.45) is 0 Å². The highest BCUT2D eigenvalue weighted by atomic mass is 15.1. The zero-order chi connectivity index (χ0) is 10.4. The van der Waals surface area contributed by atoms with E-state index >= 15 is 0 Å². The van der Waals surface area contributed by atoms with E-state index in [2.05, 4.69) is 49.4 Å². The van der Waals surface area contributed by atoms with Gasteiger partial charge in [-0.1, -0.05) is 49.6 Å². The van der Waals surface area contributed by atoms with Gasteiger partial charge in [0, 0.05) is 13.1 Å². The molecule has 0 N–H and O–H groups in total. The second kappa shape index (κ2) is 5.40. The fourth-order valence-corrected chi connectivity index (χ4v) is 1.36. The summed E-state index contributed by atoms with van der Waals surface area (Å²) < 4.78 is 0. The number of likely N-dealkylation sites (N-methyl/N-ethyl adjacent to an activating group) is 1. The second-order valence-corrected chi connectivity index (χ2v) is 3.52. The van der Waals surface area contributed by atoms with Gasteiger partial charge in [-0.3, -0.25) is 4.90 Å². The molecule has 1 nitrogen and oxygen atoms in total. The van der Waals surface area contributed by atoms with Crippen LogP contribution in [0.4, 0.5) is 0 Å². The van der Waals surface area contributed by atoms with Gasteiger partial charge >= 0.3 is 0 Å². The molecule has 0 aliphatic heterocycles. The van der Waals surface area contributed by atoms with E-state index in [1.807, 2.05) is 12.1 Å². The molecule has 0 saturated carbocycles. The van der Waals surface area contributed by atoms with Gasteiger partial charge in [0.2, 0.25) is 0 Å². The zero-order valence-corrected chi connectivity index (χ0v) is 8.74. The van der Waals surface area contributed by atoms with Crippen molar-refractivity contribution in [2.75, 3.05) is 13.6 Å². The first kappa shape index (κ1) is 10.7. The van der Waals surface area contributed by atoms with E-state index in [9.17, 15) is 0 Å². The number of hydrogen-bond acceptors (Lipinski definition) is 1. The molecule has 0 aliphatic carbocycles. The largest absolute Gasteiger partial charge is 0.298 e. The molecular weight excluding hydrogens is 170 g/mol. The molecule has 0 aromatic heterocycles. The molecule has 0 heterocycles. The van der Waals surface area contributed by atoms with Gasteiger partial charge in [-0.25, -0.2) is 0 Å². The molecule has 0 atom stereocenters. The van der Waals surface area contributed by atoms with Crippen molar-refractivity contribution < 1.29 is 0 Å². The molecule has 1 rings (SSSR count). The van der Waals surface area contributed by atoms with Crippen LogP contribution in [0.25, 0.3) is 0 Å². The predicted molar refractivity (Wildman–Crippen MR) is 62.1 cm³/mol. The van der Waals surface area contributed by atoms with E-state index in [1.165, 1.54) is 5.56 Å². The average Bonchev–Trinajstić information content (AvgIpc) is 2.19. The summed E-state index contributed by atoms with van der Waals surface area (Å²) in [6.07, 6.45) is 1.81. The maximum absolute atomic E-state index is 3.90. The van der Waals surface area contributed by atoms with Crippen molar-refractivity contribution in [2.45, 2.75) is 6.54 Å². The van der Waals surface area contributed by atoms with E-state index in [0.717, 1.165) is 18.7 Å². The number of benzene rings is 1. The molecule has 14 heavy (non-hydrogen) atoms. The Hall–Kier alpha value is -1.34. The molecule has 1 aromatic carbocycles. The Kier molecular flexibility index (Phi) is 4.14. The molecule has 0 unspecified atom stereocenters. The fourth-order valence-electron chi connectivity index (χ4n) is 1.36. The standard InChI is InChI=1S/C13H17N/c1-4-12(2)10-14(3)11-13-8-6-5-7-9-13/h4-9H,1-2,10-11H2,3H3. The van der Waals surface area contributed by atoms with Crippen LogP contribution in [0.15, 0.2) is 55.1 Å². The molecule has 1 heteroatoms. The van der Waals surface area contributed by atoms with Crippen molar-refractivity contribution in [3.05, 3.63) is 60.7 Å². The van der Waals surface area contributed by atoms with Crippen LogP contribution in [0.5, 0.6) is 0 Å². The average molecular weight is 187 g/mol. The van der Waals surface area contributed by atoms with E-state index in [1.54, 1.807) is 0 Å². The third-order valence-corrected chi connectivity index (χ3v) is 2.06. The lowest BCUT2D eigenvalue weighted by Gasteiger charge is -2.16. The number of hydrogen-bond donors (Lipinski definition) is 0. The summed E-state index contributed by atoms with van der Waals surface area (Å²) in [6, 6.07) is 10.4. The van der Waals surface area contributed by atoms with Gasteiger partial charge in [0.25, 0.3) is 0 Å². The molecule has 0 aliphatic rings. The predicted octanol–water partition coefficient (Wildman–Crippen LogP) is 2.86. The van der Waals surface area contributed by atoms with Gasteiger partial charge in [0.15, 0.2) is 0 Å². The van der Waals surface area contributed by atoms with E-state index in [-0.39, 0.29) is 0 Å². The highest BCUT2D eigenvalue weighted by Crippen LogP contribution is 2.04. The topological polar surface area (TPSA) is 3.24 Å². The quantitative estimate of drug-likeness (QED) is 0.641. The molecule has 0 fully saturated rings. The summed E-state index contributed by atoms with van der Waals surface area (Å²) in [5, 5.41) is 0. The lowest BCUT2D eigenvalue weighted by molar-refractivity contribution is 0.358. The van der Waals surface area contributed by atoms with Crippen molar-refractivity contribution in [3.63, 3.8) is 0 Å². The first-order valence-corrected chi connectivity index (χ1v) is 4.75. The Morgan fingerprint density at radius 3 is 2.57 bits per heavy atom. The van der Waals surface area contributed by atoms with Gasteiger partial charge < -0.3 is 0 Å². The highest BCUT2D eigenvalue weighted by Gasteiger charge is 1.99. The summed E-state index contributed by atoms with van der Waals surface area (Å²) in [7, 11) is 2.08. The molecule has 0 radical (unpaired) electrons. The van der Waals surface area contributed by atoms with Crippen molar-refractivity contribution >= 4 is 0 Å². The molecular formula is C13H17N. The van der Waals surface area contributed by atoms with Crippen LogP contribution in [-0.4, -0.2) is 18.5 Å². The first-order chi connectivity index (χ1) is 6.72. The Labute approximate surface area is 86.4 Å². The molecule has 0 bridgehead atoms. The Morgan fingerprint density at radius 2 is 2.00 bits per heavy atom. The number of rotatable bonds is 5. The molecule has 0 spiro atoms. The minimum Gasteiger partial charge on any atom is -0.298 e.